The summed E-state index contributed by atoms with van der Waals surface area (Å²) in [5, 5.41) is 1.19. The molecule has 4 rings (SSSR count). The van der Waals surface area contributed by atoms with Crippen LogP contribution < -0.4 is 0 Å². The topological polar surface area (TPSA) is 28.9 Å². The van der Waals surface area contributed by atoms with E-state index in [2.05, 4.69) is 52.3 Å². The van der Waals surface area contributed by atoms with Crippen LogP contribution in [-0.2, 0) is 11.3 Å². The lowest BCUT2D eigenvalue weighted by Crippen LogP contribution is -2.47. The molecule has 1 aliphatic rings. The average Bonchev–Trinajstić information content (AvgIpc) is 3.10. The first-order chi connectivity index (χ1) is 12.8. The second-order valence-electron chi connectivity index (χ2n) is 6.96. The number of hydrogen-bond acceptors (Lipinski definition) is 4. The highest BCUT2D eigenvalue weighted by molar-refractivity contribution is 5.77. The molecule has 0 saturated carbocycles. The summed E-state index contributed by atoms with van der Waals surface area (Å²) in [6.07, 6.45) is 0.137. The highest BCUT2D eigenvalue weighted by Crippen LogP contribution is 2.22. The van der Waals surface area contributed by atoms with Crippen LogP contribution in [0.1, 0.15) is 17.4 Å². The number of fused-ring (bicyclic) bond motifs is 1. The first-order valence-corrected chi connectivity index (χ1v) is 9.32. The zero-order valence-corrected chi connectivity index (χ0v) is 15.3. The predicted octanol–water partition coefficient (Wildman–Crippen LogP) is 3.94. The minimum absolute atomic E-state index is 0.137. The number of methoxy groups -OCH3 is 1. The van der Waals surface area contributed by atoms with E-state index < -0.39 is 0 Å². The number of ether oxygens (including phenoxy) is 1. The maximum atomic E-state index is 5.96. The zero-order valence-electron chi connectivity index (χ0n) is 15.3. The van der Waals surface area contributed by atoms with Gasteiger partial charge in [0.05, 0.1) is 12.6 Å². The number of furan rings is 1. The Bertz CT molecular complexity index is 789. The largest absolute Gasteiger partial charge is 0.460 e. The van der Waals surface area contributed by atoms with Crippen LogP contribution in [0.25, 0.3) is 11.0 Å². The van der Waals surface area contributed by atoms with Crippen LogP contribution >= 0.6 is 0 Å². The van der Waals surface area contributed by atoms with E-state index in [1.807, 2.05) is 18.2 Å². The normalized spacial score (nSPS) is 17.6. The van der Waals surface area contributed by atoms with Crippen molar-refractivity contribution in [3.63, 3.8) is 0 Å². The van der Waals surface area contributed by atoms with Crippen molar-refractivity contribution in [1.82, 2.24) is 9.80 Å². The lowest BCUT2D eigenvalue weighted by molar-refractivity contribution is 0.0395. The molecule has 0 amide bonds. The summed E-state index contributed by atoms with van der Waals surface area (Å²) in [4.78, 5) is 4.97. The Hall–Kier alpha value is -2.14. The van der Waals surface area contributed by atoms with Crippen molar-refractivity contribution in [3.8, 4) is 0 Å². The molecule has 26 heavy (non-hydrogen) atoms. The van der Waals surface area contributed by atoms with Gasteiger partial charge >= 0.3 is 0 Å². The fourth-order valence-corrected chi connectivity index (χ4v) is 3.68. The highest BCUT2D eigenvalue weighted by atomic mass is 16.5. The molecule has 2 aromatic carbocycles. The van der Waals surface area contributed by atoms with Crippen molar-refractivity contribution >= 4 is 11.0 Å². The molecule has 0 radical (unpaired) electrons. The second kappa shape index (κ2) is 8.04. The molecule has 0 spiro atoms. The minimum atomic E-state index is 0.137. The molecule has 136 valence electrons. The van der Waals surface area contributed by atoms with Crippen LogP contribution in [0.5, 0.6) is 0 Å². The monoisotopic (exact) mass is 350 g/mol. The fourth-order valence-electron chi connectivity index (χ4n) is 3.68. The number of benzene rings is 2. The van der Waals surface area contributed by atoms with Gasteiger partial charge in [0.2, 0.25) is 0 Å². The molecule has 4 nitrogen and oxygen atoms in total. The van der Waals surface area contributed by atoms with Crippen molar-refractivity contribution in [3.05, 3.63) is 72.0 Å². The lowest BCUT2D eigenvalue weighted by atomic mass is 10.1. The van der Waals surface area contributed by atoms with Gasteiger partial charge < -0.3 is 9.15 Å². The molecule has 0 aliphatic carbocycles. The van der Waals surface area contributed by atoms with Crippen LogP contribution in [-0.4, -0.2) is 49.6 Å². The molecule has 1 saturated heterocycles. The first kappa shape index (κ1) is 17.3. The van der Waals surface area contributed by atoms with Gasteiger partial charge in [-0.05, 0) is 17.7 Å². The maximum Gasteiger partial charge on any atom is 0.134 e. The summed E-state index contributed by atoms with van der Waals surface area (Å²) in [6, 6.07) is 20.9. The number of hydrogen-bond donors (Lipinski definition) is 0. The molecule has 2 heterocycles. The highest BCUT2D eigenvalue weighted by Gasteiger charge is 2.21. The minimum Gasteiger partial charge on any atom is -0.460 e. The van der Waals surface area contributed by atoms with E-state index in [1.54, 1.807) is 7.11 Å². The van der Waals surface area contributed by atoms with Crippen LogP contribution in [0, 0.1) is 0 Å². The van der Waals surface area contributed by atoms with Crippen molar-refractivity contribution in [2.75, 3.05) is 39.8 Å². The molecule has 1 aromatic heterocycles. The van der Waals surface area contributed by atoms with Crippen molar-refractivity contribution in [2.24, 2.45) is 0 Å². The van der Waals surface area contributed by atoms with Crippen molar-refractivity contribution in [1.29, 1.82) is 0 Å². The van der Waals surface area contributed by atoms with Crippen LogP contribution in [0.4, 0.5) is 0 Å². The molecular weight excluding hydrogens is 324 g/mol. The quantitative estimate of drug-likeness (QED) is 0.673. The zero-order chi connectivity index (χ0) is 17.8. The molecule has 0 N–H and O–H groups in total. The molecule has 4 heteroatoms. The lowest BCUT2D eigenvalue weighted by Gasteiger charge is -2.35. The third kappa shape index (κ3) is 3.98. The Morgan fingerprint density at radius 3 is 2.35 bits per heavy atom. The van der Waals surface area contributed by atoms with Crippen molar-refractivity contribution in [2.45, 2.75) is 12.6 Å². The third-order valence-corrected chi connectivity index (χ3v) is 5.20. The van der Waals surface area contributed by atoms with Gasteiger partial charge in [-0.3, -0.25) is 9.80 Å². The van der Waals surface area contributed by atoms with Gasteiger partial charge in [0.1, 0.15) is 11.3 Å². The Morgan fingerprint density at radius 2 is 1.62 bits per heavy atom. The summed E-state index contributed by atoms with van der Waals surface area (Å²) < 4.78 is 11.7. The van der Waals surface area contributed by atoms with E-state index in [4.69, 9.17) is 9.15 Å². The molecule has 3 aromatic rings. The van der Waals surface area contributed by atoms with Gasteiger partial charge in [0.15, 0.2) is 0 Å². The van der Waals surface area contributed by atoms with Gasteiger partial charge in [-0.2, -0.15) is 0 Å². The first-order valence-electron chi connectivity index (χ1n) is 9.32. The van der Waals surface area contributed by atoms with Crippen molar-refractivity contribution < 1.29 is 9.15 Å². The Labute approximate surface area is 155 Å². The van der Waals surface area contributed by atoms with E-state index in [-0.39, 0.29) is 6.10 Å². The van der Waals surface area contributed by atoms with E-state index in [0.717, 1.165) is 50.6 Å². The molecule has 1 fully saturated rings. The fraction of sp³-hybridized carbons (Fsp3) is 0.364. The molecule has 0 bridgehead atoms. The summed E-state index contributed by atoms with van der Waals surface area (Å²) in [7, 11) is 1.80. The molecule has 1 aliphatic heterocycles. The molecular formula is C22H26N2O2. The molecule has 1 atom stereocenters. The van der Waals surface area contributed by atoms with Crippen LogP contribution in [0.3, 0.4) is 0 Å². The van der Waals surface area contributed by atoms with E-state index in [0.29, 0.717) is 0 Å². The van der Waals surface area contributed by atoms with E-state index in [1.165, 1.54) is 10.9 Å². The van der Waals surface area contributed by atoms with E-state index in [9.17, 15) is 0 Å². The second-order valence-corrected chi connectivity index (χ2v) is 6.96. The number of rotatable bonds is 6. The molecule has 1 unspecified atom stereocenters. The van der Waals surface area contributed by atoms with Gasteiger partial charge in [-0.25, -0.2) is 0 Å². The smallest absolute Gasteiger partial charge is 0.134 e. The number of para-hydroxylation sites is 1. The van der Waals surface area contributed by atoms with Crippen LogP contribution in [0.2, 0.25) is 0 Å². The SMILES string of the molecule is COC(CN1CCN(Cc2cc3ccccc3o2)CC1)c1ccccc1. The number of nitrogens with zero attached hydrogens (tertiary/aromatic N) is 2. The van der Waals surface area contributed by atoms with Crippen LogP contribution in [0.15, 0.2) is 65.1 Å². The summed E-state index contributed by atoms with van der Waals surface area (Å²) >= 11 is 0. The Morgan fingerprint density at radius 1 is 0.923 bits per heavy atom. The number of piperazine rings is 1. The summed E-state index contributed by atoms with van der Waals surface area (Å²) in [5.74, 6) is 1.05. The average molecular weight is 350 g/mol. The Kier molecular flexibility index (Phi) is 5.34. The van der Waals surface area contributed by atoms with Gasteiger partial charge in [0, 0.05) is 45.2 Å². The van der Waals surface area contributed by atoms with Gasteiger partial charge in [-0.1, -0.05) is 48.5 Å². The predicted molar refractivity (Wildman–Crippen MR) is 104 cm³/mol. The standard InChI is InChI=1S/C22H26N2O2/c1-25-22(18-7-3-2-4-8-18)17-24-13-11-23(12-14-24)16-20-15-19-9-5-6-10-21(19)26-20/h2-10,15,22H,11-14,16-17H2,1H3. The summed E-state index contributed by atoms with van der Waals surface area (Å²) in [5.41, 5.74) is 2.23. The van der Waals surface area contributed by atoms with Gasteiger partial charge in [0.25, 0.3) is 0 Å². The van der Waals surface area contributed by atoms with E-state index >= 15 is 0 Å². The Balaban J connectivity index is 1.31. The van der Waals surface area contributed by atoms with Gasteiger partial charge in [-0.15, -0.1) is 0 Å². The third-order valence-electron chi connectivity index (χ3n) is 5.20. The maximum absolute atomic E-state index is 5.96. The summed E-state index contributed by atoms with van der Waals surface area (Å²) in [6.45, 7) is 6.07.